The van der Waals surface area contributed by atoms with E-state index in [2.05, 4.69) is 16.4 Å². The van der Waals surface area contributed by atoms with Gasteiger partial charge < -0.3 is 10.1 Å². The molecule has 84 valence electrons. The lowest BCUT2D eigenvalue weighted by molar-refractivity contribution is 0.274. The van der Waals surface area contributed by atoms with Crippen LogP contribution in [-0.2, 0) is 0 Å². The van der Waals surface area contributed by atoms with E-state index in [1.165, 1.54) is 6.42 Å². The number of ether oxygens (including phenoxy) is 1. The molecule has 1 atom stereocenters. The summed E-state index contributed by atoms with van der Waals surface area (Å²) in [4.78, 5) is 4.06. The van der Waals surface area contributed by atoms with Crippen LogP contribution in [0.15, 0.2) is 18.3 Å². The first-order valence-electron chi connectivity index (χ1n) is 5.58. The third-order valence-corrected chi connectivity index (χ3v) is 2.80. The molecule has 0 bridgehead atoms. The van der Waals surface area contributed by atoms with Crippen molar-refractivity contribution < 1.29 is 4.74 Å². The van der Waals surface area contributed by atoms with Crippen molar-refractivity contribution >= 4 is 0 Å². The largest absolute Gasteiger partial charge is 0.478 e. The van der Waals surface area contributed by atoms with Crippen molar-refractivity contribution in [3.63, 3.8) is 0 Å². The molecule has 1 fully saturated rings. The summed E-state index contributed by atoms with van der Waals surface area (Å²) in [5, 5.41) is 12.0. The Morgan fingerprint density at radius 1 is 1.62 bits per heavy atom. The summed E-state index contributed by atoms with van der Waals surface area (Å²) in [6.45, 7) is 2.89. The smallest absolute Gasteiger partial charge is 0.214 e. The minimum absolute atomic E-state index is 0.546. The van der Waals surface area contributed by atoms with Crippen molar-refractivity contribution in [2.75, 3.05) is 19.7 Å². The molecule has 1 aliphatic rings. The number of hydrogen-bond donors (Lipinski definition) is 1. The molecule has 1 aromatic rings. The van der Waals surface area contributed by atoms with Crippen LogP contribution in [0.3, 0.4) is 0 Å². The van der Waals surface area contributed by atoms with Gasteiger partial charge in [-0.2, -0.15) is 5.26 Å². The fourth-order valence-corrected chi connectivity index (χ4v) is 1.85. The van der Waals surface area contributed by atoms with Gasteiger partial charge in [0.05, 0.1) is 18.2 Å². The molecule has 0 saturated carbocycles. The zero-order valence-electron chi connectivity index (χ0n) is 9.15. The Balaban J connectivity index is 1.78. The molecule has 0 spiro atoms. The van der Waals surface area contributed by atoms with Crippen LogP contribution < -0.4 is 10.1 Å². The van der Waals surface area contributed by atoms with Crippen LogP contribution in [-0.4, -0.2) is 24.7 Å². The molecule has 1 aliphatic heterocycles. The van der Waals surface area contributed by atoms with E-state index in [0.717, 1.165) is 25.4 Å². The molecule has 2 heterocycles. The molecule has 1 unspecified atom stereocenters. The van der Waals surface area contributed by atoms with Crippen molar-refractivity contribution in [2.24, 2.45) is 5.92 Å². The van der Waals surface area contributed by atoms with Crippen molar-refractivity contribution in [2.45, 2.75) is 12.8 Å². The highest BCUT2D eigenvalue weighted by Gasteiger charge is 2.13. The van der Waals surface area contributed by atoms with Gasteiger partial charge in [-0.3, -0.25) is 0 Å². The summed E-state index contributed by atoms with van der Waals surface area (Å²) in [6.07, 6.45) is 3.88. The van der Waals surface area contributed by atoms with Gasteiger partial charge in [-0.25, -0.2) is 4.98 Å². The summed E-state index contributed by atoms with van der Waals surface area (Å²) in [6, 6.07) is 5.42. The summed E-state index contributed by atoms with van der Waals surface area (Å²) in [5.74, 6) is 1.27. The molecule has 1 aromatic heterocycles. The first-order valence-corrected chi connectivity index (χ1v) is 5.58. The van der Waals surface area contributed by atoms with Gasteiger partial charge in [-0.1, -0.05) is 0 Å². The number of nitrogens with one attached hydrogen (secondary N) is 1. The van der Waals surface area contributed by atoms with E-state index in [-0.39, 0.29) is 0 Å². The van der Waals surface area contributed by atoms with Crippen LogP contribution in [0.2, 0.25) is 0 Å². The van der Waals surface area contributed by atoms with Crippen molar-refractivity contribution in [1.82, 2.24) is 10.3 Å². The first kappa shape index (κ1) is 10.9. The van der Waals surface area contributed by atoms with Gasteiger partial charge in [-0.05, 0) is 37.9 Å². The highest BCUT2D eigenvalue weighted by atomic mass is 16.5. The van der Waals surface area contributed by atoms with Crippen LogP contribution in [0.25, 0.3) is 0 Å². The van der Waals surface area contributed by atoms with E-state index in [0.29, 0.717) is 18.1 Å². The van der Waals surface area contributed by atoms with Gasteiger partial charge in [0.25, 0.3) is 0 Å². The summed E-state index contributed by atoms with van der Waals surface area (Å²) >= 11 is 0. The lowest BCUT2D eigenvalue weighted by Crippen LogP contribution is -2.11. The molecular weight excluding hydrogens is 202 g/mol. The number of nitriles is 1. The van der Waals surface area contributed by atoms with E-state index in [1.54, 1.807) is 18.3 Å². The number of rotatable bonds is 4. The molecule has 0 aromatic carbocycles. The molecule has 1 N–H and O–H groups in total. The molecule has 0 radical (unpaired) electrons. The second-order valence-electron chi connectivity index (χ2n) is 3.99. The Hall–Kier alpha value is -1.60. The molecule has 2 rings (SSSR count). The molecule has 0 aliphatic carbocycles. The maximum absolute atomic E-state index is 8.72. The van der Waals surface area contributed by atoms with E-state index in [9.17, 15) is 0 Å². The lowest BCUT2D eigenvalue weighted by atomic mass is 10.1. The topological polar surface area (TPSA) is 57.9 Å². The fourth-order valence-electron chi connectivity index (χ4n) is 1.85. The van der Waals surface area contributed by atoms with Crippen LogP contribution in [0, 0.1) is 17.2 Å². The predicted molar refractivity (Wildman–Crippen MR) is 60.0 cm³/mol. The minimum Gasteiger partial charge on any atom is -0.478 e. The standard InChI is InChI=1S/C12H15N3O/c13-8-11-2-5-15-12(7-11)16-6-3-10-1-4-14-9-10/h2,5,7,10,14H,1,3-4,6,9H2. The van der Waals surface area contributed by atoms with E-state index >= 15 is 0 Å². The minimum atomic E-state index is 0.546. The van der Waals surface area contributed by atoms with Crippen LogP contribution >= 0.6 is 0 Å². The molecule has 4 heteroatoms. The van der Waals surface area contributed by atoms with Gasteiger partial charge in [-0.15, -0.1) is 0 Å². The van der Waals surface area contributed by atoms with Crippen molar-refractivity contribution in [3.05, 3.63) is 23.9 Å². The highest BCUT2D eigenvalue weighted by Crippen LogP contribution is 2.14. The van der Waals surface area contributed by atoms with Crippen LogP contribution in [0.4, 0.5) is 0 Å². The summed E-state index contributed by atoms with van der Waals surface area (Å²) in [5.41, 5.74) is 0.590. The van der Waals surface area contributed by atoms with Crippen molar-refractivity contribution in [1.29, 1.82) is 5.26 Å². The second-order valence-corrected chi connectivity index (χ2v) is 3.99. The number of aromatic nitrogens is 1. The number of hydrogen-bond acceptors (Lipinski definition) is 4. The SMILES string of the molecule is N#Cc1ccnc(OCCC2CCNC2)c1. The zero-order chi connectivity index (χ0) is 11.2. The Labute approximate surface area is 95.3 Å². The monoisotopic (exact) mass is 217 g/mol. The van der Waals surface area contributed by atoms with Gasteiger partial charge >= 0.3 is 0 Å². The lowest BCUT2D eigenvalue weighted by Gasteiger charge is -2.09. The van der Waals surface area contributed by atoms with Gasteiger partial charge in [0, 0.05) is 12.3 Å². The molecule has 0 amide bonds. The van der Waals surface area contributed by atoms with Gasteiger partial charge in [0.1, 0.15) is 0 Å². The van der Waals surface area contributed by atoms with E-state index in [4.69, 9.17) is 10.00 Å². The van der Waals surface area contributed by atoms with Gasteiger partial charge in [0.2, 0.25) is 5.88 Å². The quantitative estimate of drug-likeness (QED) is 0.826. The Morgan fingerprint density at radius 3 is 3.31 bits per heavy atom. The molecule has 16 heavy (non-hydrogen) atoms. The average Bonchev–Trinajstić information content (AvgIpc) is 2.82. The van der Waals surface area contributed by atoms with E-state index in [1.807, 2.05) is 0 Å². The molecule has 4 nitrogen and oxygen atoms in total. The zero-order valence-corrected chi connectivity index (χ0v) is 9.15. The van der Waals surface area contributed by atoms with E-state index < -0.39 is 0 Å². The first-order chi connectivity index (χ1) is 7.88. The second kappa shape index (κ2) is 5.47. The van der Waals surface area contributed by atoms with Gasteiger partial charge in [0.15, 0.2) is 0 Å². The number of pyridine rings is 1. The Kier molecular flexibility index (Phi) is 3.73. The van der Waals surface area contributed by atoms with Crippen LogP contribution in [0.1, 0.15) is 18.4 Å². The van der Waals surface area contributed by atoms with Crippen LogP contribution in [0.5, 0.6) is 5.88 Å². The van der Waals surface area contributed by atoms with Crippen molar-refractivity contribution in [3.8, 4) is 11.9 Å². The fraction of sp³-hybridized carbons (Fsp3) is 0.500. The molecular formula is C12H15N3O. The number of nitrogens with zero attached hydrogens (tertiary/aromatic N) is 2. The average molecular weight is 217 g/mol. The molecule has 1 saturated heterocycles. The normalized spacial score (nSPS) is 19.3. The predicted octanol–water partition coefficient (Wildman–Crippen LogP) is 1.33. The highest BCUT2D eigenvalue weighted by molar-refractivity contribution is 5.31. The maximum atomic E-state index is 8.72. The third-order valence-electron chi connectivity index (χ3n) is 2.80. The maximum Gasteiger partial charge on any atom is 0.214 e. The summed E-state index contributed by atoms with van der Waals surface area (Å²) in [7, 11) is 0. The summed E-state index contributed by atoms with van der Waals surface area (Å²) < 4.78 is 5.52. The Morgan fingerprint density at radius 2 is 2.56 bits per heavy atom. The Bertz CT molecular complexity index is 380. The third kappa shape index (κ3) is 2.94.